The van der Waals surface area contributed by atoms with Gasteiger partial charge >= 0.3 is 18.3 Å². The Labute approximate surface area is 195 Å². The highest BCUT2D eigenvalue weighted by Crippen LogP contribution is 2.39. The Balaban J connectivity index is 1.82. The van der Waals surface area contributed by atoms with Crippen LogP contribution in [0.1, 0.15) is 34.2 Å². The first-order chi connectivity index (χ1) is 16.4. The van der Waals surface area contributed by atoms with E-state index in [1.807, 2.05) is 0 Å². The fourth-order valence-electron chi connectivity index (χ4n) is 2.98. The van der Waals surface area contributed by atoms with Crippen molar-refractivity contribution in [2.45, 2.75) is 19.3 Å². The van der Waals surface area contributed by atoms with Crippen LogP contribution in [-0.4, -0.2) is 18.5 Å². The maximum atomic E-state index is 13.1. The van der Waals surface area contributed by atoms with Gasteiger partial charge in [0.15, 0.2) is 5.76 Å². The number of carbonyl (C=O) groups excluding carboxylic acids is 2. The van der Waals surface area contributed by atoms with Gasteiger partial charge in [-0.05, 0) is 61.0 Å². The molecular weight excluding hydrogens is 480 g/mol. The third-order valence-electron chi connectivity index (χ3n) is 4.54. The van der Waals surface area contributed by atoms with E-state index in [2.05, 4.69) is 5.32 Å². The number of hydrogen-bond acceptors (Lipinski definition) is 4. The topological polar surface area (TPSA) is 68.5 Å². The molecule has 11 heteroatoms. The van der Waals surface area contributed by atoms with Crippen molar-refractivity contribution in [3.05, 3.63) is 83.1 Å². The molecule has 1 amide bonds. The molecule has 0 fully saturated rings. The van der Waals surface area contributed by atoms with E-state index in [-0.39, 0.29) is 24.2 Å². The molecule has 0 aliphatic carbocycles. The molecule has 1 aromatic heterocycles. The zero-order valence-electron chi connectivity index (χ0n) is 18.0. The number of halogens is 6. The largest absolute Gasteiger partial charge is 0.463 e. The number of carbonyl (C=O) groups is 2. The van der Waals surface area contributed by atoms with Crippen LogP contribution in [0.25, 0.3) is 17.4 Å². The number of hydrogen-bond donors (Lipinski definition) is 1. The maximum absolute atomic E-state index is 13.1. The van der Waals surface area contributed by atoms with Crippen molar-refractivity contribution in [1.82, 2.24) is 0 Å². The van der Waals surface area contributed by atoms with Gasteiger partial charge in [0.25, 0.3) is 5.91 Å². The monoisotopic (exact) mass is 497 g/mol. The van der Waals surface area contributed by atoms with Crippen LogP contribution >= 0.6 is 0 Å². The van der Waals surface area contributed by atoms with E-state index in [0.29, 0.717) is 23.4 Å². The van der Waals surface area contributed by atoms with Crippen molar-refractivity contribution < 1.29 is 45.1 Å². The van der Waals surface area contributed by atoms with Crippen molar-refractivity contribution in [2.24, 2.45) is 0 Å². The summed E-state index contributed by atoms with van der Waals surface area (Å²) in [4.78, 5) is 23.9. The average Bonchev–Trinajstić information content (AvgIpc) is 3.27. The van der Waals surface area contributed by atoms with Gasteiger partial charge in [0.1, 0.15) is 5.76 Å². The molecule has 0 bridgehead atoms. The Morgan fingerprint density at radius 1 is 0.943 bits per heavy atom. The predicted molar refractivity (Wildman–Crippen MR) is 114 cm³/mol. The molecule has 0 radical (unpaired) electrons. The van der Waals surface area contributed by atoms with Gasteiger partial charge in [0.2, 0.25) is 0 Å². The molecule has 0 spiro atoms. The lowest BCUT2D eigenvalue weighted by molar-refractivity contribution is -0.143. The molecule has 2 aromatic carbocycles. The number of esters is 1. The molecule has 35 heavy (non-hydrogen) atoms. The second kappa shape index (κ2) is 10.1. The molecule has 0 saturated heterocycles. The number of benzene rings is 2. The maximum Gasteiger partial charge on any atom is 0.416 e. The molecule has 3 rings (SSSR count). The molecule has 0 unspecified atom stereocenters. The lowest BCUT2D eigenvalue weighted by atomic mass is 10.0. The smallest absolute Gasteiger partial charge is 0.416 e. The average molecular weight is 497 g/mol. The summed E-state index contributed by atoms with van der Waals surface area (Å²) in [5.74, 6) is -2.02. The Morgan fingerprint density at radius 3 is 2.20 bits per heavy atom. The first-order valence-electron chi connectivity index (χ1n) is 10.0. The van der Waals surface area contributed by atoms with Gasteiger partial charge < -0.3 is 14.5 Å². The quantitative estimate of drug-likeness (QED) is 0.231. The molecule has 0 atom stereocenters. The fourth-order valence-corrected chi connectivity index (χ4v) is 2.98. The number of ether oxygens (including phenoxy) is 1. The summed E-state index contributed by atoms with van der Waals surface area (Å²) in [6, 6.07) is 9.56. The first-order valence-corrected chi connectivity index (χ1v) is 10.0. The summed E-state index contributed by atoms with van der Waals surface area (Å²) in [6.45, 7) is 1.87. The van der Waals surface area contributed by atoms with Gasteiger partial charge in [-0.15, -0.1) is 0 Å². The highest BCUT2D eigenvalue weighted by Gasteiger charge is 2.37. The van der Waals surface area contributed by atoms with Gasteiger partial charge in [-0.3, -0.25) is 4.79 Å². The first kappa shape index (κ1) is 25.6. The minimum absolute atomic E-state index is 0.00341. The van der Waals surface area contributed by atoms with Crippen molar-refractivity contribution in [1.29, 1.82) is 0 Å². The van der Waals surface area contributed by atoms with Crippen molar-refractivity contribution in [3.63, 3.8) is 0 Å². The van der Waals surface area contributed by atoms with Crippen LogP contribution in [0.4, 0.5) is 32.0 Å². The van der Waals surface area contributed by atoms with Crippen LogP contribution in [0, 0.1) is 0 Å². The molecule has 1 N–H and O–H groups in total. The molecule has 184 valence electrons. The van der Waals surface area contributed by atoms with Gasteiger partial charge in [0, 0.05) is 17.3 Å². The van der Waals surface area contributed by atoms with Crippen LogP contribution < -0.4 is 5.32 Å². The standard InChI is InChI=1S/C24H17F6NO4/c1-2-34-21(32)9-6-14-4-3-5-18(10-14)31-22(33)20-8-7-19(35-20)15-11-16(23(25,26)27)13-17(12-15)24(28,29)30/h3-13H,2H2,1H3,(H,31,33). The lowest BCUT2D eigenvalue weighted by Gasteiger charge is -2.13. The zero-order valence-corrected chi connectivity index (χ0v) is 18.0. The van der Waals surface area contributed by atoms with Gasteiger partial charge in [-0.25, -0.2) is 4.79 Å². The molecule has 5 nitrogen and oxygen atoms in total. The van der Waals surface area contributed by atoms with Crippen LogP contribution in [0.3, 0.4) is 0 Å². The van der Waals surface area contributed by atoms with E-state index in [1.165, 1.54) is 24.3 Å². The summed E-state index contributed by atoms with van der Waals surface area (Å²) in [6.07, 6.45) is -7.37. The van der Waals surface area contributed by atoms with Crippen LogP contribution in [0.15, 0.2) is 65.1 Å². The third kappa shape index (κ3) is 6.75. The highest BCUT2D eigenvalue weighted by molar-refractivity contribution is 6.02. The second-order valence-electron chi connectivity index (χ2n) is 7.12. The van der Waals surface area contributed by atoms with Gasteiger partial charge in [-0.2, -0.15) is 26.3 Å². The number of nitrogens with one attached hydrogen (secondary N) is 1. The summed E-state index contributed by atoms with van der Waals surface area (Å²) >= 11 is 0. The van der Waals surface area contributed by atoms with Crippen molar-refractivity contribution >= 4 is 23.6 Å². The predicted octanol–water partition coefficient (Wildman–Crippen LogP) is 6.81. The third-order valence-corrected chi connectivity index (χ3v) is 4.54. The Morgan fingerprint density at radius 2 is 1.60 bits per heavy atom. The molecular formula is C24H17F6NO4. The number of furan rings is 1. The highest BCUT2D eigenvalue weighted by atomic mass is 19.4. The van der Waals surface area contributed by atoms with Crippen LogP contribution in [-0.2, 0) is 21.9 Å². The Hall–Kier alpha value is -4.02. The minimum Gasteiger partial charge on any atom is -0.463 e. The number of rotatable bonds is 6. The second-order valence-corrected chi connectivity index (χ2v) is 7.12. The zero-order chi connectivity index (χ0) is 25.8. The molecule has 0 aliphatic heterocycles. The summed E-state index contributed by atoms with van der Waals surface area (Å²) < 4.78 is 88.7. The minimum atomic E-state index is -5.02. The summed E-state index contributed by atoms with van der Waals surface area (Å²) in [5.41, 5.74) is -2.64. The Bertz CT molecular complexity index is 1230. The summed E-state index contributed by atoms with van der Waals surface area (Å²) in [7, 11) is 0. The number of anilines is 1. The summed E-state index contributed by atoms with van der Waals surface area (Å²) in [5, 5.41) is 2.50. The van der Waals surface area contributed by atoms with Crippen LogP contribution in [0.2, 0.25) is 0 Å². The molecule has 0 aliphatic rings. The molecule has 1 heterocycles. The SMILES string of the molecule is CCOC(=O)C=Cc1cccc(NC(=O)c2ccc(-c3cc(C(F)(F)F)cc(C(F)(F)F)c3)o2)c1. The normalized spacial score (nSPS) is 12.1. The lowest BCUT2D eigenvalue weighted by Crippen LogP contribution is -2.11. The Kier molecular flexibility index (Phi) is 7.37. The van der Waals surface area contributed by atoms with E-state index in [1.54, 1.807) is 19.1 Å². The van der Waals surface area contributed by atoms with E-state index in [4.69, 9.17) is 9.15 Å². The molecule has 0 saturated carbocycles. The van der Waals surface area contributed by atoms with E-state index < -0.39 is 40.9 Å². The van der Waals surface area contributed by atoms with E-state index >= 15 is 0 Å². The van der Waals surface area contributed by atoms with Gasteiger partial charge in [-0.1, -0.05) is 12.1 Å². The van der Waals surface area contributed by atoms with E-state index in [9.17, 15) is 35.9 Å². The molecule has 3 aromatic rings. The van der Waals surface area contributed by atoms with Crippen molar-refractivity contribution in [2.75, 3.05) is 11.9 Å². The van der Waals surface area contributed by atoms with Crippen molar-refractivity contribution in [3.8, 4) is 11.3 Å². The number of amides is 1. The number of alkyl halides is 6. The van der Waals surface area contributed by atoms with Crippen LogP contribution in [0.5, 0.6) is 0 Å². The van der Waals surface area contributed by atoms with Gasteiger partial charge in [0.05, 0.1) is 17.7 Å². The van der Waals surface area contributed by atoms with E-state index in [0.717, 1.165) is 12.1 Å². The fraction of sp³-hybridized carbons (Fsp3) is 0.167.